The number of rotatable bonds is 4. The number of carbonyl (C=O) groups excluding carboxylic acids is 1. The largest absolute Gasteiger partial charge is 0.493 e. The summed E-state index contributed by atoms with van der Waals surface area (Å²) in [7, 11) is 4.59. The average Bonchev–Trinajstić information content (AvgIpc) is 2.59. The van der Waals surface area contributed by atoms with Crippen LogP contribution in [0.3, 0.4) is 0 Å². The molecule has 4 nitrogen and oxygen atoms in total. The van der Waals surface area contributed by atoms with Crippen LogP contribution < -0.4 is 14.2 Å². The average molecular weight is 330 g/mol. The van der Waals surface area contributed by atoms with Crippen LogP contribution in [-0.4, -0.2) is 27.1 Å². The third-order valence-corrected chi connectivity index (χ3v) is 4.40. The molecule has 126 valence electrons. The maximum atomic E-state index is 14.4. The summed E-state index contributed by atoms with van der Waals surface area (Å²) >= 11 is 0. The minimum absolute atomic E-state index is 0.0602. The Morgan fingerprint density at radius 3 is 2.38 bits per heavy atom. The molecule has 0 amide bonds. The van der Waals surface area contributed by atoms with Crippen molar-refractivity contribution >= 4 is 5.78 Å². The first-order valence-corrected chi connectivity index (χ1v) is 7.68. The highest BCUT2D eigenvalue weighted by molar-refractivity contribution is 5.86. The van der Waals surface area contributed by atoms with Gasteiger partial charge in [-0.15, -0.1) is 0 Å². The molecular weight excluding hydrogens is 311 g/mol. The Kier molecular flexibility index (Phi) is 4.42. The molecule has 1 aliphatic rings. The number of ketones is 1. The number of methoxy groups -OCH3 is 3. The number of fused-ring (bicyclic) bond motifs is 1. The lowest BCUT2D eigenvalue weighted by Crippen LogP contribution is -2.21. The van der Waals surface area contributed by atoms with Crippen molar-refractivity contribution in [2.24, 2.45) is 0 Å². The van der Waals surface area contributed by atoms with E-state index in [9.17, 15) is 9.18 Å². The third-order valence-electron chi connectivity index (χ3n) is 4.40. The number of hydrogen-bond donors (Lipinski definition) is 0. The summed E-state index contributed by atoms with van der Waals surface area (Å²) in [5.41, 5.74) is 2.06. The molecule has 0 aromatic heterocycles. The molecule has 3 rings (SSSR count). The van der Waals surface area contributed by atoms with Gasteiger partial charge >= 0.3 is 0 Å². The maximum Gasteiger partial charge on any atom is 0.203 e. The molecule has 2 aromatic rings. The van der Waals surface area contributed by atoms with Crippen molar-refractivity contribution < 1.29 is 23.4 Å². The van der Waals surface area contributed by atoms with E-state index < -0.39 is 5.92 Å². The second kappa shape index (κ2) is 6.51. The number of ether oxygens (including phenoxy) is 3. The summed E-state index contributed by atoms with van der Waals surface area (Å²) in [6.07, 6.45) is 0.511. The molecule has 0 radical (unpaired) electrons. The van der Waals surface area contributed by atoms with E-state index in [-0.39, 0.29) is 24.4 Å². The first-order chi connectivity index (χ1) is 11.6. The smallest absolute Gasteiger partial charge is 0.203 e. The fraction of sp³-hybridized carbons (Fsp3) is 0.316. The Hall–Kier alpha value is -2.56. The van der Waals surface area contributed by atoms with Gasteiger partial charge in [-0.05, 0) is 23.3 Å². The number of Topliss-reactive ketones (excluding diaryl/α,β-unsaturated/α-hetero) is 1. The van der Waals surface area contributed by atoms with E-state index in [0.717, 1.165) is 11.1 Å². The Morgan fingerprint density at radius 1 is 1.04 bits per heavy atom. The number of hydrogen-bond acceptors (Lipinski definition) is 4. The van der Waals surface area contributed by atoms with Crippen molar-refractivity contribution in [3.05, 3.63) is 52.8 Å². The summed E-state index contributed by atoms with van der Waals surface area (Å²) in [5.74, 6) is 0.763. The lowest BCUT2D eigenvalue weighted by Gasteiger charge is -2.29. The third kappa shape index (κ3) is 2.60. The Bertz CT molecular complexity index is 785. The second-order valence-corrected chi connectivity index (χ2v) is 5.71. The van der Waals surface area contributed by atoms with Gasteiger partial charge in [0.05, 0.1) is 21.3 Å². The van der Waals surface area contributed by atoms with E-state index in [1.54, 1.807) is 24.3 Å². The highest BCUT2D eigenvalue weighted by atomic mass is 19.1. The predicted octanol–water partition coefficient (Wildman–Crippen LogP) is 3.50. The Morgan fingerprint density at radius 2 is 1.75 bits per heavy atom. The van der Waals surface area contributed by atoms with Crippen LogP contribution in [0.1, 0.15) is 29.0 Å². The van der Waals surface area contributed by atoms with Gasteiger partial charge in [-0.25, -0.2) is 4.39 Å². The van der Waals surface area contributed by atoms with Gasteiger partial charge in [-0.1, -0.05) is 18.2 Å². The lowest BCUT2D eigenvalue weighted by atomic mass is 9.77. The Balaban J connectivity index is 2.28. The van der Waals surface area contributed by atoms with Gasteiger partial charge in [0, 0.05) is 24.3 Å². The molecule has 0 aliphatic heterocycles. The SMILES string of the molecule is COc1cc2c(c(OC)c1OC)C(c1ccccc1F)CC(=O)C2. The first kappa shape index (κ1) is 16.3. The Labute approximate surface area is 140 Å². The van der Waals surface area contributed by atoms with E-state index in [1.807, 2.05) is 0 Å². The summed E-state index contributed by atoms with van der Waals surface area (Å²) in [4.78, 5) is 12.2. The number of benzene rings is 2. The predicted molar refractivity (Wildman–Crippen MR) is 87.7 cm³/mol. The van der Waals surface area contributed by atoms with Crippen molar-refractivity contribution in [3.63, 3.8) is 0 Å². The molecule has 1 atom stereocenters. The zero-order valence-electron chi connectivity index (χ0n) is 13.9. The molecule has 0 heterocycles. The van der Waals surface area contributed by atoms with Crippen molar-refractivity contribution in [3.8, 4) is 17.2 Å². The van der Waals surface area contributed by atoms with E-state index in [0.29, 0.717) is 22.8 Å². The summed E-state index contributed by atoms with van der Waals surface area (Å²) in [6.45, 7) is 0. The molecule has 0 saturated carbocycles. The fourth-order valence-corrected chi connectivity index (χ4v) is 3.39. The van der Waals surface area contributed by atoms with E-state index in [2.05, 4.69) is 0 Å². The maximum absolute atomic E-state index is 14.4. The second-order valence-electron chi connectivity index (χ2n) is 5.71. The van der Waals surface area contributed by atoms with E-state index >= 15 is 0 Å². The van der Waals surface area contributed by atoms with Crippen LogP contribution in [0.15, 0.2) is 30.3 Å². The van der Waals surface area contributed by atoms with Crippen LogP contribution in [0.4, 0.5) is 4.39 Å². The molecule has 24 heavy (non-hydrogen) atoms. The molecule has 5 heteroatoms. The van der Waals surface area contributed by atoms with E-state index in [4.69, 9.17) is 14.2 Å². The monoisotopic (exact) mass is 330 g/mol. The van der Waals surface area contributed by atoms with E-state index in [1.165, 1.54) is 27.4 Å². The van der Waals surface area contributed by atoms with Gasteiger partial charge in [0.15, 0.2) is 11.5 Å². The van der Waals surface area contributed by atoms with Crippen LogP contribution in [0.2, 0.25) is 0 Å². The minimum Gasteiger partial charge on any atom is -0.493 e. The summed E-state index contributed by atoms with van der Waals surface area (Å²) < 4.78 is 30.7. The van der Waals surface area contributed by atoms with Crippen LogP contribution in [0.25, 0.3) is 0 Å². The molecule has 1 unspecified atom stereocenters. The van der Waals surface area contributed by atoms with Gasteiger partial charge in [0.2, 0.25) is 5.75 Å². The molecular formula is C19H19FO4. The van der Waals surface area contributed by atoms with Gasteiger partial charge in [0.1, 0.15) is 11.6 Å². The fourth-order valence-electron chi connectivity index (χ4n) is 3.39. The molecule has 0 bridgehead atoms. The van der Waals surface area contributed by atoms with Gasteiger partial charge < -0.3 is 14.2 Å². The molecule has 0 N–H and O–H groups in total. The van der Waals surface area contributed by atoms with Crippen molar-refractivity contribution in [1.82, 2.24) is 0 Å². The molecule has 1 aliphatic carbocycles. The molecule has 2 aromatic carbocycles. The van der Waals surface area contributed by atoms with Gasteiger partial charge in [0.25, 0.3) is 0 Å². The highest BCUT2D eigenvalue weighted by Crippen LogP contribution is 2.49. The van der Waals surface area contributed by atoms with Crippen LogP contribution in [0, 0.1) is 5.82 Å². The highest BCUT2D eigenvalue weighted by Gasteiger charge is 2.34. The van der Waals surface area contributed by atoms with Crippen molar-refractivity contribution in [1.29, 1.82) is 0 Å². The van der Waals surface area contributed by atoms with Crippen LogP contribution in [-0.2, 0) is 11.2 Å². The normalized spacial score (nSPS) is 16.5. The zero-order chi connectivity index (χ0) is 17.3. The lowest BCUT2D eigenvalue weighted by molar-refractivity contribution is -0.119. The summed E-state index contributed by atoms with van der Waals surface area (Å²) in [6, 6.07) is 8.29. The molecule has 0 spiro atoms. The van der Waals surface area contributed by atoms with Crippen LogP contribution in [0.5, 0.6) is 17.2 Å². The topological polar surface area (TPSA) is 44.8 Å². The molecule has 0 fully saturated rings. The quantitative estimate of drug-likeness (QED) is 0.861. The molecule has 0 saturated heterocycles. The number of carbonyl (C=O) groups is 1. The zero-order valence-corrected chi connectivity index (χ0v) is 13.9. The van der Waals surface area contributed by atoms with Crippen LogP contribution >= 0.6 is 0 Å². The van der Waals surface area contributed by atoms with Crippen molar-refractivity contribution in [2.75, 3.05) is 21.3 Å². The first-order valence-electron chi connectivity index (χ1n) is 7.68. The van der Waals surface area contributed by atoms with Crippen molar-refractivity contribution in [2.45, 2.75) is 18.8 Å². The standard InChI is InChI=1S/C19H19FO4/c1-22-16-9-11-8-12(21)10-14(13-6-4-5-7-15(13)20)17(11)19(24-3)18(16)23-2/h4-7,9,14H,8,10H2,1-3H3. The van der Waals surface area contributed by atoms with Gasteiger partial charge in [-0.3, -0.25) is 4.79 Å². The summed E-state index contributed by atoms with van der Waals surface area (Å²) in [5, 5.41) is 0. The minimum atomic E-state index is -0.405. The van der Waals surface area contributed by atoms with Gasteiger partial charge in [-0.2, -0.15) is 0 Å². The number of halogens is 1.